The van der Waals surface area contributed by atoms with Crippen LogP contribution in [0, 0.1) is 0 Å². The third-order valence-electron chi connectivity index (χ3n) is 5.74. The van der Waals surface area contributed by atoms with E-state index in [1.54, 1.807) is 0 Å². The number of halogens is 1. The van der Waals surface area contributed by atoms with Crippen LogP contribution in [0.25, 0.3) is 11.4 Å². The van der Waals surface area contributed by atoms with Gasteiger partial charge in [-0.2, -0.15) is 0 Å². The van der Waals surface area contributed by atoms with E-state index < -0.39 is 0 Å². The SMILES string of the molecule is Clc1cccc(N2CCN(c3nnc(-c4ccccc4)nc3Cc3ccccc3)CC2)c1. The second-order valence-corrected chi connectivity index (χ2v) is 8.32. The topological polar surface area (TPSA) is 45.2 Å². The maximum absolute atomic E-state index is 6.19. The molecule has 1 aliphatic rings. The zero-order valence-electron chi connectivity index (χ0n) is 17.7. The quantitative estimate of drug-likeness (QED) is 0.430. The molecule has 32 heavy (non-hydrogen) atoms. The fourth-order valence-electron chi connectivity index (χ4n) is 4.06. The molecule has 5 rings (SSSR count). The van der Waals surface area contributed by atoms with Gasteiger partial charge in [0, 0.05) is 48.9 Å². The predicted octanol–water partition coefficient (Wildman–Crippen LogP) is 5.11. The van der Waals surface area contributed by atoms with Crippen LogP contribution in [-0.4, -0.2) is 41.4 Å². The number of rotatable bonds is 5. The second-order valence-electron chi connectivity index (χ2n) is 7.89. The highest BCUT2D eigenvalue weighted by Crippen LogP contribution is 2.26. The van der Waals surface area contributed by atoms with Gasteiger partial charge in [0.2, 0.25) is 0 Å². The van der Waals surface area contributed by atoms with Gasteiger partial charge in [-0.25, -0.2) is 4.98 Å². The molecule has 4 aromatic rings. The van der Waals surface area contributed by atoms with Gasteiger partial charge in [-0.1, -0.05) is 78.3 Å². The van der Waals surface area contributed by atoms with Crippen molar-refractivity contribution in [3.8, 4) is 11.4 Å². The van der Waals surface area contributed by atoms with E-state index in [-0.39, 0.29) is 0 Å². The fourth-order valence-corrected chi connectivity index (χ4v) is 4.25. The van der Waals surface area contributed by atoms with Crippen molar-refractivity contribution in [1.82, 2.24) is 15.2 Å². The average molecular weight is 442 g/mol. The summed E-state index contributed by atoms with van der Waals surface area (Å²) in [5.41, 5.74) is 4.31. The monoisotopic (exact) mass is 441 g/mol. The summed E-state index contributed by atoms with van der Waals surface area (Å²) in [6.07, 6.45) is 0.722. The van der Waals surface area contributed by atoms with Crippen LogP contribution in [0.15, 0.2) is 84.9 Å². The summed E-state index contributed by atoms with van der Waals surface area (Å²) in [4.78, 5) is 9.62. The average Bonchev–Trinajstić information content (AvgIpc) is 2.85. The molecule has 1 fully saturated rings. The maximum Gasteiger partial charge on any atom is 0.182 e. The summed E-state index contributed by atoms with van der Waals surface area (Å²) in [6.45, 7) is 3.51. The van der Waals surface area contributed by atoms with Crippen LogP contribution in [0.4, 0.5) is 11.5 Å². The molecule has 0 N–H and O–H groups in total. The number of aromatic nitrogens is 3. The lowest BCUT2D eigenvalue weighted by atomic mass is 10.1. The number of hydrogen-bond acceptors (Lipinski definition) is 5. The first kappa shape index (κ1) is 20.5. The molecule has 6 heteroatoms. The molecule has 0 bridgehead atoms. The van der Waals surface area contributed by atoms with Crippen molar-refractivity contribution < 1.29 is 0 Å². The van der Waals surface area contributed by atoms with Crippen molar-refractivity contribution in [2.24, 2.45) is 0 Å². The number of benzene rings is 3. The lowest BCUT2D eigenvalue weighted by Gasteiger charge is -2.37. The highest BCUT2D eigenvalue weighted by Gasteiger charge is 2.23. The first-order valence-electron chi connectivity index (χ1n) is 10.8. The first-order valence-corrected chi connectivity index (χ1v) is 11.2. The Labute approximate surface area is 193 Å². The standard InChI is InChI=1S/C26H24ClN5/c27-22-12-7-13-23(19-22)31-14-16-32(17-15-31)26-24(18-20-8-3-1-4-9-20)28-25(29-30-26)21-10-5-2-6-11-21/h1-13,19H,14-18H2. The maximum atomic E-state index is 6.19. The molecule has 1 saturated heterocycles. The van der Waals surface area contributed by atoms with Gasteiger partial charge in [-0.05, 0) is 23.8 Å². The van der Waals surface area contributed by atoms with Gasteiger partial charge in [0.15, 0.2) is 11.6 Å². The Morgan fingerprint density at radius 1 is 0.719 bits per heavy atom. The zero-order chi connectivity index (χ0) is 21.8. The highest BCUT2D eigenvalue weighted by atomic mass is 35.5. The minimum Gasteiger partial charge on any atom is -0.368 e. The van der Waals surface area contributed by atoms with E-state index in [0.29, 0.717) is 5.82 Å². The van der Waals surface area contributed by atoms with Crippen molar-refractivity contribution in [1.29, 1.82) is 0 Å². The molecule has 1 aliphatic heterocycles. The van der Waals surface area contributed by atoms with Crippen molar-refractivity contribution in [2.45, 2.75) is 6.42 Å². The van der Waals surface area contributed by atoms with E-state index in [2.05, 4.69) is 50.3 Å². The number of piperazine rings is 1. The van der Waals surface area contributed by atoms with E-state index >= 15 is 0 Å². The Morgan fingerprint density at radius 2 is 1.41 bits per heavy atom. The third-order valence-corrected chi connectivity index (χ3v) is 5.97. The van der Waals surface area contributed by atoms with Crippen LogP contribution in [0.5, 0.6) is 0 Å². The van der Waals surface area contributed by atoms with Crippen LogP contribution < -0.4 is 9.80 Å². The molecular formula is C26H24ClN5. The Kier molecular flexibility index (Phi) is 5.99. The van der Waals surface area contributed by atoms with Gasteiger partial charge >= 0.3 is 0 Å². The van der Waals surface area contributed by atoms with Gasteiger partial charge in [-0.15, -0.1) is 10.2 Å². The van der Waals surface area contributed by atoms with E-state index in [4.69, 9.17) is 16.6 Å². The van der Waals surface area contributed by atoms with Crippen LogP contribution in [0.2, 0.25) is 5.02 Å². The third kappa shape index (κ3) is 4.58. The van der Waals surface area contributed by atoms with Gasteiger partial charge in [0.1, 0.15) is 0 Å². The van der Waals surface area contributed by atoms with Gasteiger partial charge in [0.05, 0.1) is 5.69 Å². The summed E-state index contributed by atoms with van der Waals surface area (Å²) in [7, 11) is 0. The molecule has 5 nitrogen and oxygen atoms in total. The first-order chi connectivity index (χ1) is 15.8. The molecule has 160 valence electrons. The lowest BCUT2D eigenvalue weighted by Crippen LogP contribution is -2.47. The Morgan fingerprint density at radius 3 is 2.12 bits per heavy atom. The Balaban J connectivity index is 1.41. The minimum atomic E-state index is 0.665. The minimum absolute atomic E-state index is 0.665. The Bertz CT molecular complexity index is 1180. The summed E-state index contributed by atoms with van der Waals surface area (Å²) in [6, 6.07) is 28.5. The molecule has 0 spiro atoms. The number of anilines is 2. The largest absolute Gasteiger partial charge is 0.368 e. The smallest absolute Gasteiger partial charge is 0.182 e. The summed E-state index contributed by atoms with van der Waals surface area (Å²) in [5.74, 6) is 1.54. The Hall–Kier alpha value is -3.44. The van der Waals surface area contributed by atoms with Crippen LogP contribution >= 0.6 is 11.6 Å². The van der Waals surface area contributed by atoms with Gasteiger partial charge in [-0.3, -0.25) is 0 Å². The molecular weight excluding hydrogens is 418 g/mol. The molecule has 2 heterocycles. The van der Waals surface area contributed by atoms with Crippen molar-refractivity contribution in [3.63, 3.8) is 0 Å². The van der Waals surface area contributed by atoms with Crippen molar-refractivity contribution in [2.75, 3.05) is 36.0 Å². The van der Waals surface area contributed by atoms with E-state index in [0.717, 1.165) is 60.4 Å². The van der Waals surface area contributed by atoms with Gasteiger partial charge < -0.3 is 9.80 Å². The lowest BCUT2D eigenvalue weighted by molar-refractivity contribution is 0.638. The van der Waals surface area contributed by atoms with Crippen molar-refractivity contribution in [3.05, 3.63) is 101 Å². The number of hydrogen-bond donors (Lipinski definition) is 0. The van der Waals surface area contributed by atoms with Crippen molar-refractivity contribution >= 4 is 23.1 Å². The molecule has 3 aromatic carbocycles. The molecule has 1 aromatic heterocycles. The molecule has 0 atom stereocenters. The van der Waals surface area contributed by atoms with Crippen LogP contribution in [0.1, 0.15) is 11.3 Å². The zero-order valence-corrected chi connectivity index (χ0v) is 18.5. The van der Waals surface area contributed by atoms with E-state index in [9.17, 15) is 0 Å². The van der Waals surface area contributed by atoms with E-state index in [1.165, 1.54) is 5.56 Å². The summed E-state index contributed by atoms with van der Waals surface area (Å²) < 4.78 is 0. The summed E-state index contributed by atoms with van der Waals surface area (Å²) >= 11 is 6.19. The van der Waals surface area contributed by atoms with Gasteiger partial charge in [0.25, 0.3) is 0 Å². The summed E-state index contributed by atoms with van der Waals surface area (Å²) in [5, 5.41) is 9.91. The van der Waals surface area contributed by atoms with Crippen LogP contribution in [-0.2, 0) is 6.42 Å². The van der Waals surface area contributed by atoms with E-state index in [1.807, 2.05) is 54.6 Å². The molecule has 0 unspecified atom stereocenters. The molecule has 0 saturated carbocycles. The van der Waals surface area contributed by atoms with Crippen LogP contribution in [0.3, 0.4) is 0 Å². The molecule has 0 amide bonds. The highest BCUT2D eigenvalue weighted by molar-refractivity contribution is 6.30. The second kappa shape index (κ2) is 9.37. The molecule has 0 aliphatic carbocycles. The normalized spacial score (nSPS) is 13.9. The number of nitrogens with zero attached hydrogens (tertiary/aromatic N) is 5. The molecule has 0 radical (unpaired) electrons. The predicted molar refractivity (Wildman–Crippen MR) is 130 cm³/mol. The fraction of sp³-hybridized carbons (Fsp3) is 0.192.